The molecule has 3 atom stereocenters. The number of hydrogen-bond acceptors (Lipinski definition) is 4. The summed E-state index contributed by atoms with van der Waals surface area (Å²) in [7, 11) is 0. The van der Waals surface area contributed by atoms with E-state index in [2.05, 4.69) is 5.32 Å². The number of likely N-dealkylation sites (tertiary alicyclic amines) is 1. The Kier molecular flexibility index (Phi) is 6.28. The summed E-state index contributed by atoms with van der Waals surface area (Å²) < 4.78 is 16.1. The van der Waals surface area contributed by atoms with Crippen LogP contribution in [-0.2, 0) is 22.7 Å². The molecule has 1 aromatic heterocycles. The number of carbonyl (C=O) groups is 3. The van der Waals surface area contributed by atoms with Gasteiger partial charge in [-0.15, -0.1) is 0 Å². The third kappa shape index (κ3) is 4.25. The topological polar surface area (TPSA) is 91.6 Å². The van der Waals surface area contributed by atoms with Gasteiger partial charge in [0.15, 0.2) is 5.78 Å². The molecule has 0 spiro atoms. The Morgan fingerprint density at radius 1 is 1.17 bits per heavy atom. The Morgan fingerprint density at radius 3 is 2.75 bits per heavy atom. The fraction of sp³-hybridized carbons (Fsp3) is 0.393. The number of nitrogens with zero attached hydrogens (tertiary/aromatic N) is 2. The van der Waals surface area contributed by atoms with Gasteiger partial charge in [0.1, 0.15) is 24.2 Å². The van der Waals surface area contributed by atoms with Crippen molar-refractivity contribution < 1.29 is 23.9 Å². The largest absolute Gasteiger partial charge is 0.508 e. The number of fused-ring (bicyclic) bond motifs is 2. The number of benzene rings is 2. The number of Topliss-reactive ketones (excluding diaryl/α,β-unsaturated/α-hetero) is 1. The molecule has 2 fully saturated rings. The second-order valence-electron chi connectivity index (χ2n) is 10.0. The Bertz CT molecular complexity index is 1360. The summed E-state index contributed by atoms with van der Waals surface area (Å²) in [6, 6.07) is 9.18. The number of ketones is 1. The van der Waals surface area contributed by atoms with Gasteiger partial charge < -0.3 is 19.9 Å². The van der Waals surface area contributed by atoms with Gasteiger partial charge in [-0.25, -0.2) is 4.39 Å². The van der Waals surface area contributed by atoms with Crippen molar-refractivity contribution >= 4 is 28.5 Å². The summed E-state index contributed by atoms with van der Waals surface area (Å²) in [6.45, 7) is 3.16. The van der Waals surface area contributed by atoms with Crippen molar-refractivity contribution in [3.05, 3.63) is 65.1 Å². The summed E-state index contributed by atoms with van der Waals surface area (Å²) in [5.74, 6) is -0.645. The fourth-order valence-corrected chi connectivity index (χ4v) is 5.95. The highest BCUT2D eigenvalue weighted by Gasteiger charge is 2.48. The minimum absolute atomic E-state index is 0.00791. The number of nitrogens with one attached hydrogen (secondary N) is 1. The highest BCUT2D eigenvalue weighted by atomic mass is 19.1. The van der Waals surface area contributed by atoms with Crippen molar-refractivity contribution in [2.45, 2.75) is 64.7 Å². The van der Waals surface area contributed by atoms with Crippen molar-refractivity contribution in [1.82, 2.24) is 14.8 Å². The molecular formula is C28H30FN3O4. The second kappa shape index (κ2) is 9.41. The Morgan fingerprint density at radius 2 is 1.97 bits per heavy atom. The molecule has 8 heteroatoms. The van der Waals surface area contributed by atoms with Gasteiger partial charge >= 0.3 is 0 Å². The van der Waals surface area contributed by atoms with Crippen molar-refractivity contribution in [2.24, 2.45) is 5.92 Å². The molecule has 1 aliphatic heterocycles. The van der Waals surface area contributed by atoms with Crippen LogP contribution in [0.25, 0.3) is 10.9 Å². The number of hydrogen-bond donors (Lipinski definition) is 2. The number of aromatic nitrogens is 1. The highest BCUT2D eigenvalue weighted by molar-refractivity contribution is 6.07. The van der Waals surface area contributed by atoms with E-state index in [1.54, 1.807) is 46.9 Å². The number of carbonyl (C=O) groups excluding carboxylic acids is 3. The van der Waals surface area contributed by atoms with Gasteiger partial charge in [0.25, 0.3) is 0 Å². The first-order valence-electron chi connectivity index (χ1n) is 12.4. The molecule has 0 bridgehead atoms. The number of rotatable bonds is 6. The van der Waals surface area contributed by atoms with Crippen LogP contribution < -0.4 is 5.32 Å². The highest BCUT2D eigenvalue weighted by Crippen LogP contribution is 2.41. The molecule has 7 nitrogen and oxygen atoms in total. The van der Waals surface area contributed by atoms with Gasteiger partial charge in [-0.1, -0.05) is 24.6 Å². The lowest BCUT2D eigenvalue weighted by atomic mass is 10.0. The maximum Gasteiger partial charge on any atom is 0.243 e. The summed E-state index contributed by atoms with van der Waals surface area (Å²) in [4.78, 5) is 40.8. The molecule has 1 saturated heterocycles. The van der Waals surface area contributed by atoms with Gasteiger partial charge in [0, 0.05) is 41.4 Å². The molecule has 188 valence electrons. The molecule has 2 heterocycles. The van der Waals surface area contributed by atoms with E-state index in [9.17, 15) is 23.9 Å². The molecule has 2 aromatic carbocycles. The van der Waals surface area contributed by atoms with Gasteiger partial charge in [0.2, 0.25) is 11.8 Å². The molecule has 2 amide bonds. The fourth-order valence-electron chi connectivity index (χ4n) is 5.95. The van der Waals surface area contributed by atoms with E-state index in [-0.39, 0.29) is 54.2 Å². The van der Waals surface area contributed by atoms with Crippen molar-refractivity contribution in [2.75, 3.05) is 0 Å². The van der Waals surface area contributed by atoms with Crippen LogP contribution in [0.3, 0.4) is 0 Å². The lowest BCUT2D eigenvalue weighted by molar-refractivity contribution is -0.141. The lowest BCUT2D eigenvalue weighted by Gasteiger charge is -2.29. The Balaban J connectivity index is 1.39. The summed E-state index contributed by atoms with van der Waals surface area (Å²) in [6.07, 6.45) is 5.06. The zero-order chi connectivity index (χ0) is 25.6. The molecule has 1 aliphatic carbocycles. The van der Waals surface area contributed by atoms with Gasteiger partial charge in [0.05, 0.1) is 5.52 Å². The number of phenolic OH excluding ortho intramolecular Hbond substituents is 1. The maximum absolute atomic E-state index is 14.4. The van der Waals surface area contributed by atoms with Crippen LogP contribution in [0.5, 0.6) is 5.75 Å². The van der Waals surface area contributed by atoms with E-state index in [4.69, 9.17) is 0 Å². The normalized spacial score (nSPS) is 21.1. The Labute approximate surface area is 208 Å². The molecule has 0 unspecified atom stereocenters. The molecule has 0 radical (unpaired) electrons. The standard InChI is InChI=1S/C28H30FN3O4/c1-16-5-3-7-19(27(16)29)13-30-28(36)25-11-18-6-4-8-23(18)32(25)26(35)15-31-14-22(17(2)33)21-10-9-20(34)12-24(21)31/h3,5,7,9-10,12,14,18,23,25,34H,4,6,8,11,13,15H2,1-2H3,(H,30,36)/t18-,23-,25+/m1/s1. The minimum atomic E-state index is -0.622. The van der Waals surface area contributed by atoms with Crippen LogP contribution in [0.2, 0.25) is 0 Å². The van der Waals surface area contributed by atoms with Crippen molar-refractivity contribution in [1.29, 1.82) is 0 Å². The number of phenols is 1. The predicted octanol–water partition coefficient (Wildman–Crippen LogP) is 4.08. The zero-order valence-corrected chi connectivity index (χ0v) is 20.5. The molecule has 5 rings (SSSR count). The lowest BCUT2D eigenvalue weighted by Crippen LogP contribution is -2.49. The van der Waals surface area contributed by atoms with Gasteiger partial charge in [-0.2, -0.15) is 0 Å². The van der Waals surface area contributed by atoms with Gasteiger partial charge in [-0.3, -0.25) is 14.4 Å². The molecule has 3 aromatic rings. The van der Waals surface area contributed by atoms with Crippen LogP contribution in [0, 0.1) is 18.7 Å². The molecule has 36 heavy (non-hydrogen) atoms. The zero-order valence-electron chi connectivity index (χ0n) is 20.5. The molecule has 2 aliphatic rings. The third-order valence-corrected chi connectivity index (χ3v) is 7.70. The van der Waals surface area contributed by atoms with E-state index in [1.807, 2.05) is 0 Å². The number of halogens is 1. The summed E-state index contributed by atoms with van der Waals surface area (Å²) in [5.41, 5.74) is 2.00. The average Bonchev–Trinajstić information content (AvgIpc) is 3.53. The average molecular weight is 492 g/mol. The number of amides is 2. The number of aryl methyl sites for hydroxylation is 1. The van der Waals surface area contributed by atoms with E-state index in [0.29, 0.717) is 34.0 Å². The maximum atomic E-state index is 14.4. The molecule has 1 saturated carbocycles. The first-order valence-corrected chi connectivity index (χ1v) is 12.4. The SMILES string of the molecule is CC(=O)c1cn(CC(=O)N2[C@@H]3CCC[C@@H]3C[C@H]2C(=O)NCc2cccc(C)c2F)c2cc(O)ccc12. The summed E-state index contributed by atoms with van der Waals surface area (Å²) in [5, 5.41) is 13.5. The van der Waals surface area contributed by atoms with Gasteiger partial charge in [-0.05, 0) is 56.7 Å². The predicted molar refractivity (Wildman–Crippen MR) is 133 cm³/mol. The van der Waals surface area contributed by atoms with E-state index in [1.165, 1.54) is 19.1 Å². The molecular weight excluding hydrogens is 461 g/mol. The quantitative estimate of drug-likeness (QED) is 0.509. The first kappa shape index (κ1) is 24.0. The van der Waals surface area contributed by atoms with Crippen LogP contribution in [0.4, 0.5) is 4.39 Å². The summed E-state index contributed by atoms with van der Waals surface area (Å²) >= 11 is 0. The third-order valence-electron chi connectivity index (χ3n) is 7.70. The van der Waals surface area contributed by atoms with Crippen LogP contribution >= 0.6 is 0 Å². The molecule has 2 N–H and O–H groups in total. The first-order chi connectivity index (χ1) is 17.2. The van der Waals surface area contributed by atoms with Crippen LogP contribution in [0.15, 0.2) is 42.6 Å². The number of aromatic hydroxyl groups is 1. The second-order valence-corrected chi connectivity index (χ2v) is 10.0. The van der Waals surface area contributed by atoms with E-state index >= 15 is 0 Å². The minimum Gasteiger partial charge on any atom is -0.508 e. The Hall–Kier alpha value is -3.68. The monoisotopic (exact) mass is 491 g/mol. The smallest absolute Gasteiger partial charge is 0.243 e. The van der Waals surface area contributed by atoms with Crippen molar-refractivity contribution in [3.63, 3.8) is 0 Å². The van der Waals surface area contributed by atoms with Crippen LogP contribution in [0.1, 0.15) is 54.1 Å². The van der Waals surface area contributed by atoms with E-state index in [0.717, 1.165) is 19.3 Å². The van der Waals surface area contributed by atoms with Crippen molar-refractivity contribution in [3.8, 4) is 5.75 Å². The van der Waals surface area contributed by atoms with E-state index < -0.39 is 6.04 Å². The van der Waals surface area contributed by atoms with Crippen LogP contribution in [-0.4, -0.2) is 44.3 Å².